The van der Waals surface area contributed by atoms with Gasteiger partial charge < -0.3 is 15.2 Å². The molecule has 118 valence electrons. The van der Waals surface area contributed by atoms with Gasteiger partial charge in [-0.25, -0.2) is 4.98 Å². The van der Waals surface area contributed by atoms with E-state index >= 15 is 0 Å². The molecule has 1 aromatic heterocycles. The van der Waals surface area contributed by atoms with Crippen LogP contribution in [0.1, 0.15) is 45.0 Å². The lowest BCUT2D eigenvalue weighted by Crippen LogP contribution is -2.43. The standard InChI is InChI=1S/C16H26N2O3/c1-6-21-13-8-7-12(9-17-13)15(20)18-10-16(4,5)14(19)11(2)3/h7-9,11,14,19H,6,10H2,1-5H3,(H,18,20). The molecule has 0 radical (unpaired) electrons. The first-order chi connectivity index (χ1) is 9.77. The molecule has 0 aliphatic carbocycles. The van der Waals surface area contributed by atoms with Crippen molar-refractivity contribution in [3.8, 4) is 5.88 Å². The summed E-state index contributed by atoms with van der Waals surface area (Å²) in [6, 6.07) is 3.35. The number of aliphatic hydroxyl groups is 1. The maximum absolute atomic E-state index is 12.1. The number of aliphatic hydroxyl groups excluding tert-OH is 1. The lowest BCUT2D eigenvalue weighted by Gasteiger charge is -2.33. The van der Waals surface area contributed by atoms with Crippen molar-refractivity contribution in [1.29, 1.82) is 0 Å². The van der Waals surface area contributed by atoms with Gasteiger partial charge in [0.15, 0.2) is 0 Å². The Morgan fingerprint density at radius 2 is 2.10 bits per heavy atom. The Labute approximate surface area is 126 Å². The Morgan fingerprint density at radius 1 is 1.43 bits per heavy atom. The molecule has 1 amide bonds. The minimum atomic E-state index is -0.476. The van der Waals surface area contributed by atoms with Crippen molar-refractivity contribution in [2.45, 2.75) is 40.7 Å². The second-order valence-corrected chi connectivity index (χ2v) is 6.18. The molecule has 0 aliphatic rings. The van der Waals surface area contributed by atoms with Gasteiger partial charge in [-0.3, -0.25) is 4.79 Å². The average Bonchev–Trinajstić information content (AvgIpc) is 2.45. The van der Waals surface area contributed by atoms with Gasteiger partial charge >= 0.3 is 0 Å². The third-order valence-corrected chi connectivity index (χ3v) is 3.43. The van der Waals surface area contributed by atoms with Gasteiger partial charge in [0.25, 0.3) is 5.91 Å². The average molecular weight is 294 g/mol. The van der Waals surface area contributed by atoms with Crippen molar-refractivity contribution < 1.29 is 14.6 Å². The van der Waals surface area contributed by atoms with Crippen molar-refractivity contribution in [2.75, 3.05) is 13.2 Å². The van der Waals surface area contributed by atoms with Crippen molar-refractivity contribution in [2.24, 2.45) is 11.3 Å². The number of nitrogens with zero attached hydrogens (tertiary/aromatic N) is 1. The first kappa shape index (κ1) is 17.4. The van der Waals surface area contributed by atoms with Crippen LogP contribution in [-0.4, -0.2) is 35.3 Å². The summed E-state index contributed by atoms with van der Waals surface area (Å²) in [4.78, 5) is 16.1. The van der Waals surface area contributed by atoms with Gasteiger partial charge in [-0.05, 0) is 18.9 Å². The summed E-state index contributed by atoms with van der Waals surface area (Å²) < 4.78 is 5.24. The van der Waals surface area contributed by atoms with Gasteiger partial charge in [0.2, 0.25) is 5.88 Å². The highest BCUT2D eigenvalue weighted by molar-refractivity contribution is 5.93. The number of hydrogen-bond acceptors (Lipinski definition) is 4. The Morgan fingerprint density at radius 3 is 2.57 bits per heavy atom. The quantitative estimate of drug-likeness (QED) is 0.809. The number of rotatable bonds is 7. The summed E-state index contributed by atoms with van der Waals surface area (Å²) in [7, 11) is 0. The number of hydrogen-bond donors (Lipinski definition) is 2. The number of carbonyl (C=O) groups excluding carboxylic acids is 1. The van der Waals surface area contributed by atoms with E-state index in [9.17, 15) is 9.90 Å². The van der Waals surface area contributed by atoms with E-state index in [0.29, 0.717) is 24.6 Å². The zero-order chi connectivity index (χ0) is 16.0. The van der Waals surface area contributed by atoms with Crippen LogP contribution in [-0.2, 0) is 0 Å². The van der Waals surface area contributed by atoms with Crippen LogP contribution < -0.4 is 10.1 Å². The van der Waals surface area contributed by atoms with E-state index < -0.39 is 6.10 Å². The lowest BCUT2D eigenvalue weighted by molar-refractivity contribution is 0.0138. The van der Waals surface area contributed by atoms with Crippen LogP contribution in [0.4, 0.5) is 0 Å². The van der Waals surface area contributed by atoms with E-state index in [1.165, 1.54) is 6.20 Å². The van der Waals surface area contributed by atoms with Crippen LogP contribution in [0.25, 0.3) is 0 Å². The number of pyridine rings is 1. The first-order valence-electron chi connectivity index (χ1n) is 7.33. The topological polar surface area (TPSA) is 71.5 Å². The lowest BCUT2D eigenvalue weighted by atomic mass is 9.80. The van der Waals surface area contributed by atoms with E-state index in [-0.39, 0.29) is 17.2 Å². The second kappa shape index (κ2) is 7.41. The van der Waals surface area contributed by atoms with Crippen LogP contribution in [0.3, 0.4) is 0 Å². The predicted octanol–water partition coefficient (Wildman–Crippen LogP) is 2.25. The maximum Gasteiger partial charge on any atom is 0.252 e. The number of ether oxygens (including phenoxy) is 1. The highest BCUT2D eigenvalue weighted by Crippen LogP contribution is 2.25. The maximum atomic E-state index is 12.1. The molecule has 0 spiro atoms. The van der Waals surface area contributed by atoms with Gasteiger partial charge in [-0.2, -0.15) is 0 Å². The Kier molecular flexibility index (Phi) is 6.15. The molecular formula is C16H26N2O3. The molecule has 0 saturated carbocycles. The van der Waals surface area contributed by atoms with E-state index in [1.54, 1.807) is 12.1 Å². The Balaban J connectivity index is 2.61. The molecule has 0 fully saturated rings. The van der Waals surface area contributed by atoms with Crippen LogP contribution in [0, 0.1) is 11.3 Å². The molecule has 21 heavy (non-hydrogen) atoms. The first-order valence-corrected chi connectivity index (χ1v) is 7.33. The molecular weight excluding hydrogens is 268 g/mol. The summed E-state index contributed by atoms with van der Waals surface area (Å²) in [5.41, 5.74) is 0.0935. The third-order valence-electron chi connectivity index (χ3n) is 3.43. The van der Waals surface area contributed by atoms with Crippen LogP contribution >= 0.6 is 0 Å². The molecule has 0 aliphatic heterocycles. The third kappa shape index (κ3) is 5.01. The number of carbonyl (C=O) groups is 1. The molecule has 2 N–H and O–H groups in total. The van der Waals surface area contributed by atoms with Crippen LogP contribution in [0.2, 0.25) is 0 Å². The highest BCUT2D eigenvalue weighted by atomic mass is 16.5. The molecule has 0 bridgehead atoms. The van der Waals surface area contributed by atoms with Crippen molar-refractivity contribution in [3.05, 3.63) is 23.9 Å². The molecule has 0 saturated heterocycles. The van der Waals surface area contributed by atoms with Crippen LogP contribution in [0.5, 0.6) is 5.88 Å². The minimum Gasteiger partial charge on any atom is -0.478 e. The SMILES string of the molecule is CCOc1ccc(C(=O)NCC(C)(C)C(O)C(C)C)cn1. The largest absolute Gasteiger partial charge is 0.478 e. The molecule has 1 rings (SSSR count). The molecule has 1 aromatic rings. The number of aromatic nitrogens is 1. The molecule has 1 heterocycles. The predicted molar refractivity (Wildman–Crippen MR) is 82.4 cm³/mol. The van der Waals surface area contributed by atoms with Gasteiger partial charge in [0.1, 0.15) is 0 Å². The molecule has 0 aromatic carbocycles. The summed E-state index contributed by atoms with van der Waals surface area (Å²) in [6.07, 6.45) is 1.02. The zero-order valence-corrected chi connectivity index (χ0v) is 13.5. The summed E-state index contributed by atoms with van der Waals surface area (Å²) in [5, 5.41) is 13.0. The van der Waals surface area contributed by atoms with E-state index in [1.807, 2.05) is 34.6 Å². The van der Waals surface area contributed by atoms with E-state index in [0.717, 1.165) is 0 Å². The highest BCUT2D eigenvalue weighted by Gasteiger charge is 2.30. The Hall–Kier alpha value is -1.62. The molecule has 5 nitrogen and oxygen atoms in total. The second-order valence-electron chi connectivity index (χ2n) is 6.18. The summed E-state index contributed by atoms with van der Waals surface area (Å²) in [6.45, 7) is 10.6. The van der Waals surface area contributed by atoms with Gasteiger partial charge in [0.05, 0.1) is 18.3 Å². The van der Waals surface area contributed by atoms with Gasteiger partial charge in [-0.1, -0.05) is 27.7 Å². The molecule has 1 unspecified atom stereocenters. The smallest absolute Gasteiger partial charge is 0.252 e. The fourth-order valence-corrected chi connectivity index (χ4v) is 2.16. The summed E-state index contributed by atoms with van der Waals surface area (Å²) in [5.74, 6) is 0.447. The normalized spacial score (nSPS) is 13.1. The summed E-state index contributed by atoms with van der Waals surface area (Å²) >= 11 is 0. The van der Waals surface area contributed by atoms with Crippen LogP contribution in [0.15, 0.2) is 18.3 Å². The van der Waals surface area contributed by atoms with Gasteiger partial charge in [0, 0.05) is 24.2 Å². The fraction of sp³-hybridized carbons (Fsp3) is 0.625. The Bertz CT molecular complexity index is 455. The zero-order valence-electron chi connectivity index (χ0n) is 13.5. The number of amides is 1. The number of nitrogens with one attached hydrogen (secondary N) is 1. The van der Waals surface area contributed by atoms with Crippen molar-refractivity contribution in [1.82, 2.24) is 10.3 Å². The monoisotopic (exact) mass is 294 g/mol. The van der Waals surface area contributed by atoms with Crippen molar-refractivity contribution >= 4 is 5.91 Å². The minimum absolute atomic E-state index is 0.143. The van der Waals surface area contributed by atoms with Crippen molar-refractivity contribution in [3.63, 3.8) is 0 Å². The molecule has 1 atom stereocenters. The van der Waals surface area contributed by atoms with E-state index in [4.69, 9.17) is 4.74 Å². The fourth-order valence-electron chi connectivity index (χ4n) is 2.16. The van der Waals surface area contributed by atoms with Gasteiger partial charge in [-0.15, -0.1) is 0 Å². The van der Waals surface area contributed by atoms with E-state index in [2.05, 4.69) is 10.3 Å². The molecule has 5 heteroatoms.